The summed E-state index contributed by atoms with van der Waals surface area (Å²) in [5.41, 5.74) is 0.261. The van der Waals surface area contributed by atoms with E-state index in [4.69, 9.17) is 4.74 Å². The van der Waals surface area contributed by atoms with Crippen molar-refractivity contribution in [3.05, 3.63) is 11.6 Å². The second-order valence-electron chi connectivity index (χ2n) is 6.45. The predicted molar refractivity (Wildman–Crippen MR) is 78.9 cm³/mol. The minimum absolute atomic E-state index is 0.143. The van der Waals surface area contributed by atoms with Gasteiger partial charge in [-0.05, 0) is 20.8 Å². The van der Waals surface area contributed by atoms with Gasteiger partial charge in [-0.3, -0.25) is 4.79 Å². The minimum Gasteiger partial charge on any atom is -0.371 e. The van der Waals surface area contributed by atoms with Crippen molar-refractivity contribution < 1.29 is 19.4 Å². The van der Waals surface area contributed by atoms with Crippen LogP contribution in [0.2, 0.25) is 0 Å². The Kier molecular flexibility index (Phi) is 3.45. The number of likely N-dealkylation sites (tertiary alicyclic amines) is 1. The van der Waals surface area contributed by atoms with Gasteiger partial charge < -0.3 is 25.0 Å². The molecule has 22 heavy (non-hydrogen) atoms. The number of rotatable bonds is 1. The summed E-state index contributed by atoms with van der Waals surface area (Å²) < 4.78 is 6.08. The molecule has 3 heterocycles. The van der Waals surface area contributed by atoms with E-state index in [2.05, 4.69) is 5.32 Å². The molecule has 3 rings (SSSR count). The Labute approximate surface area is 129 Å². The molecule has 3 amide bonds. The Morgan fingerprint density at radius 2 is 2.27 bits per heavy atom. The van der Waals surface area contributed by atoms with E-state index in [0.717, 1.165) is 5.57 Å². The van der Waals surface area contributed by atoms with Crippen molar-refractivity contribution in [2.24, 2.45) is 5.92 Å². The van der Waals surface area contributed by atoms with Gasteiger partial charge in [0.2, 0.25) is 5.91 Å². The van der Waals surface area contributed by atoms with Gasteiger partial charge in [0.25, 0.3) is 0 Å². The van der Waals surface area contributed by atoms with Crippen molar-refractivity contribution in [1.29, 1.82) is 0 Å². The number of carbonyl (C=O) groups is 2. The predicted octanol–water partition coefficient (Wildman–Crippen LogP) is -0.0895. The molecule has 0 aromatic carbocycles. The van der Waals surface area contributed by atoms with E-state index in [1.54, 1.807) is 11.9 Å². The Bertz CT molecular complexity index is 549. The summed E-state index contributed by atoms with van der Waals surface area (Å²) in [6.45, 7) is 6.52. The molecule has 2 fully saturated rings. The van der Waals surface area contributed by atoms with E-state index in [-0.39, 0.29) is 11.9 Å². The van der Waals surface area contributed by atoms with Gasteiger partial charge in [-0.2, -0.15) is 0 Å². The average molecular weight is 309 g/mol. The van der Waals surface area contributed by atoms with Gasteiger partial charge in [-0.25, -0.2) is 4.79 Å². The van der Waals surface area contributed by atoms with Crippen molar-refractivity contribution in [3.63, 3.8) is 0 Å². The highest BCUT2D eigenvalue weighted by Crippen LogP contribution is 2.48. The summed E-state index contributed by atoms with van der Waals surface area (Å²) in [4.78, 5) is 28.0. The lowest BCUT2D eigenvalue weighted by Crippen LogP contribution is -2.59. The van der Waals surface area contributed by atoms with Crippen molar-refractivity contribution in [2.45, 2.75) is 44.7 Å². The van der Waals surface area contributed by atoms with E-state index in [9.17, 15) is 14.7 Å². The van der Waals surface area contributed by atoms with Crippen LogP contribution in [0.25, 0.3) is 0 Å². The van der Waals surface area contributed by atoms with E-state index in [1.807, 2.05) is 26.8 Å². The number of aliphatic hydroxyl groups is 1. The molecule has 0 unspecified atom stereocenters. The van der Waals surface area contributed by atoms with Gasteiger partial charge in [0.1, 0.15) is 11.7 Å². The van der Waals surface area contributed by atoms with Crippen LogP contribution in [0.1, 0.15) is 20.8 Å². The number of aliphatic hydroxyl groups excluding tert-OH is 1. The molecule has 3 aliphatic rings. The first-order chi connectivity index (χ1) is 10.3. The van der Waals surface area contributed by atoms with Crippen LogP contribution in [0.4, 0.5) is 4.79 Å². The second kappa shape index (κ2) is 4.96. The quantitative estimate of drug-likeness (QED) is 0.663. The normalized spacial score (nSPS) is 40.4. The van der Waals surface area contributed by atoms with Crippen LogP contribution in [-0.2, 0) is 9.53 Å². The monoisotopic (exact) mass is 309 g/mol. The number of nitrogens with zero attached hydrogens (tertiary/aromatic N) is 2. The first-order valence-corrected chi connectivity index (χ1v) is 7.67. The zero-order valence-corrected chi connectivity index (χ0v) is 13.4. The summed E-state index contributed by atoms with van der Waals surface area (Å²) in [5, 5.41) is 13.0. The fourth-order valence-electron chi connectivity index (χ4n) is 4.20. The average Bonchev–Trinajstić information content (AvgIpc) is 2.88. The molecule has 2 N–H and O–H groups in total. The third kappa shape index (κ3) is 1.88. The van der Waals surface area contributed by atoms with Gasteiger partial charge in [0.05, 0.1) is 12.0 Å². The summed E-state index contributed by atoms with van der Waals surface area (Å²) in [5.74, 6) is -0.669. The van der Waals surface area contributed by atoms with Gasteiger partial charge in [0.15, 0.2) is 6.23 Å². The van der Waals surface area contributed by atoms with E-state index < -0.39 is 29.9 Å². The van der Waals surface area contributed by atoms with Gasteiger partial charge in [-0.1, -0.05) is 11.6 Å². The summed E-state index contributed by atoms with van der Waals surface area (Å²) >= 11 is 0. The van der Waals surface area contributed by atoms with Crippen LogP contribution in [-0.4, -0.2) is 71.0 Å². The van der Waals surface area contributed by atoms with Gasteiger partial charge >= 0.3 is 6.03 Å². The first-order valence-electron chi connectivity index (χ1n) is 7.67. The number of hydrogen-bond donors (Lipinski definition) is 2. The van der Waals surface area contributed by atoms with Crippen molar-refractivity contribution >= 4 is 11.9 Å². The van der Waals surface area contributed by atoms with Crippen molar-refractivity contribution in [2.75, 3.05) is 20.1 Å². The molecule has 0 aliphatic carbocycles. The van der Waals surface area contributed by atoms with E-state index in [0.29, 0.717) is 13.1 Å². The van der Waals surface area contributed by atoms with Crippen LogP contribution in [0.15, 0.2) is 11.6 Å². The highest BCUT2D eigenvalue weighted by atomic mass is 16.5. The molecule has 5 atom stereocenters. The maximum atomic E-state index is 12.7. The molecule has 7 heteroatoms. The molecule has 2 saturated heterocycles. The minimum atomic E-state index is -0.954. The molecule has 0 radical (unpaired) electrons. The van der Waals surface area contributed by atoms with Crippen LogP contribution in [0, 0.1) is 5.92 Å². The smallest absolute Gasteiger partial charge is 0.317 e. The number of amides is 3. The highest BCUT2D eigenvalue weighted by molar-refractivity contribution is 5.85. The van der Waals surface area contributed by atoms with Crippen LogP contribution in [0.5, 0.6) is 0 Å². The first kappa shape index (κ1) is 15.3. The van der Waals surface area contributed by atoms with Crippen molar-refractivity contribution in [1.82, 2.24) is 15.1 Å². The molecule has 0 saturated carbocycles. The number of urea groups is 1. The van der Waals surface area contributed by atoms with Gasteiger partial charge in [0, 0.05) is 20.1 Å². The van der Waals surface area contributed by atoms with E-state index in [1.165, 1.54) is 4.90 Å². The fraction of sp³-hybridized carbons (Fsp3) is 0.733. The lowest BCUT2D eigenvalue weighted by Gasteiger charge is -2.43. The Balaban J connectivity index is 2.04. The number of nitrogens with one attached hydrogen (secondary N) is 1. The zero-order chi connectivity index (χ0) is 16.2. The molecule has 0 spiro atoms. The Hall–Kier alpha value is -1.60. The second-order valence-corrected chi connectivity index (χ2v) is 6.45. The molecule has 0 bridgehead atoms. The number of ether oxygens (including phenoxy) is 1. The topological polar surface area (TPSA) is 82.1 Å². The Morgan fingerprint density at radius 1 is 1.59 bits per heavy atom. The molecule has 7 nitrogen and oxygen atoms in total. The number of fused-ring (bicyclic) bond motifs is 3. The largest absolute Gasteiger partial charge is 0.371 e. The zero-order valence-electron chi connectivity index (χ0n) is 13.4. The molecule has 0 aromatic heterocycles. The maximum absolute atomic E-state index is 12.7. The number of carbonyl (C=O) groups excluding carboxylic acids is 2. The molecular formula is C15H23N3O4. The standard InChI is InChI=1S/C15H23N3O4/c1-5-17-12(19)9-10(13(17)20)22-15(3)6-8(2)7-18(11(9)15)14(21)16-4/h6,9-11,13,20H,5,7H2,1-4H3,(H,16,21)/t9-,10-,11-,13-,15-/m0/s1. The number of likely N-dealkylation sites (N-methyl/N-ethyl adjacent to an activating group) is 1. The van der Waals surface area contributed by atoms with Crippen LogP contribution < -0.4 is 5.32 Å². The lowest BCUT2D eigenvalue weighted by atomic mass is 9.82. The lowest BCUT2D eigenvalue weighted by molar-refractivity contribution is -0.142. The van der Waals surface area contributed by atoms with Crippen LogP contribution >= 0.6 is 0 Å². The van der Waals surface area contributed by atoms with E-state index >= 15 is 0 Å². The fourth-order valence-corrected chi connectivity index (χ4v) is 4.20. The third-order valence-electron chi connectivity index (χ3n) is 4.96. The summed E-state index contributed by atoms with van der Waals surface area (Å²) in [6, 6.07) is -0.634. The summed E-state index contributed by atoms with van der Waals surface area (Å²) in [7, 11) is 1.57. The molecule has 122 valence electrons. The third-order valence-corrected chi connectivity index (χ3v) is 4.96. The SMILES string of the molecule is CCN1C(=O)[C@H]2[C@H](O[C@@]3(C)C=C(C)CN(C(=O)NC)[C@@H]23)[C@@H]1O. The van der Waals surface area contributed by atoms with Crippen LogP contribution in [0.3, 0.4) is 0 Å². The maximum Gasteiger partial charge on any atom is 0.317 e. The van der Waals surface area contributed by atoms with Gasteiger partial charge in [-0.15, -0.1) is 0 Å². The molecule has 3 aliphatic heterocycles. The molecular weight excluding hydrogens is 286 g/mol. The molecule has 0 aromatic rings. The highest BCUT2D eigenvalue weighted by Gasteiger charge is 2.65. The Morgan fingerprint density at radius 3 is 2.86 bits per heavy atom. The number of hydrogen-bond acceptors (Lipinski definition) is 4. The summed E-state index contributed by atoms with van der Waals surface area (Å²) in [6.07, 6.45) is 0.424. The van der Waals surface area contributed by atoms with Crippen molar-refractivity contribution in [3.8, 4) is 0 Å².